The van der Waals surface area contributed by atoms with Crippen LogP contribution in [0.2, 0.25) is 0 Å². The largest absolute Gasteiger partial charge is 0.481 e. The van der Waals surface area contributed by atoms with Gasteiger partial charge >= 0.3 is 5.97 Å². The van der Waals surface area contributed by atoms with Crippen molar-refractivity contribution in [3.05, 3.63) is 0 Å². The number of carboxylic acid groups (broad SMARTS) is 1. The number of aliphatic hydroxyl groups is 2. The van der Waals surface area contributed by atoms with Gasteiger partial charge in [-0.25, -0.2) is 0 Å². The van der Waals surface area contributed by atoms with Crippen molar-refractivity contribution in [2.24, 2.45) is 5.92 Å². The van der Waals surface area contributed by atoms with Crippen LogP contribution < -0.4 is 6.15 Å². The van der Waals surface area contributed by atoms with Crippen LogP contribution in [0.5, 0.6) is 0 Å². The van der Waals surface area contributed by atoms with Crippen LogP contribution in [0.1, 0.15) is 13.3 Å². The molecule has 0 saturated heterocycles. The Morgan fingerprint density at radius 2 is 2.00 bits per heavy atom. The summed E-state index contributed by atoms with van der Waals surface area (Å²) in [5.74, 6) is -1.55. The average Bonchev–Trinajstić information content (AvgIpc) is 1.87. The lowest BCUT2D eigenvalue weighted by Gasteiger charge is -2.09. The number of hydrogen-bond donors (Lipinski definition) is 4. The van der Waals surface area contributed by atoms with E-state index in [1.54, 1.807) is 0 Å². The van der Waals surface area contributed by atoms with Gasteiger partial charge in [-0.3, -0.25) is 4.79 Å². The summed E-state index contributed by atoms with van der Waals surface area (Å²) in [6.45, 7) is 1.11. The summed E-state index contributed by atoms with van der Waals surface area (Å²) in [5.41, 5.74) is 0. The molecule has 0 spiro atoms. The van der Waals surface area contributed by atoms with Crippen molar-refractivity contribution >= 4 is 5.97 Å². The lowest BCUT2D eigenvalue weighted by molar-refractivity contribution is -0.142. The molecular weight excluding hydrogens is 150 g/mol. The van der Waals surface area contributed by atoms with E-state index in [1.807, 2.05) is 0 Å². The van der Waals surface area contributed by atoms with Gasteiger partial charge in [0.2, 0.25) is 0 Å². The van der Waals surface area contributed by atoms with Crippen LogP contribution in [-0.2, 0) is 4.79 Å². The number of hydrogen-bond acceptors (Lipinski definition) is 4. The third-order valence-electron chi connectivity index (χ3n) is 1.26. The zero-order chi connectivity index (χ0) is 8.15. The molecule has 68 valence electrons. The number of aliphatic carboxylic acids is 1. The fourth-order valence-corrected chi connectivity index (χ4v) is 0.583. The summed E-state index contributed by atoms with van der Waals surface area (Å²) in [6, 6.07) is 0. The molecule has 5 nitrogen and oxygen atoms in total. The van der Waals surface area contributed by atoms with E-state index in [-0.39, 0.29) is 19.2 Å². The minimum absolute atomic E-state index is 0. The van der Waals surface area contributed by atoms with E-state index in [9.17, 15) is 4.79 Å². The van der Waals surface area contributed by atoms with Crippen LogP contribution in [0, 0.1) is 5.92 Å². The Kier molecular flexibility index (Phi) is 7.18. The first-order valence-electron chi connectivity index (χ1n) is 3.09. The molecule has 0 aliphatic rings. The minimum Gasteiger partial charge on any atom is -0.481 e. The highest BCUT2D eigenvalue weighted by Gasteiger charge is 2.14. The molecule has 0 rings (SSSR count). The number of rotatable bonds is 4. The molecule has 0 saturated carbocycles. The molecule has 2 unspecified atom stereocenters. The van der Waals surface area contributed by atoms with E-state index in [2.05, 4.69) is 0 Å². The van der Waals surface area contributed by atoms with E-state index in [0.717, 1.165) is 0 Å². The van der Waals surface area contributed by atoms with Crippen molar-refractivity contribution in [3.8, 4) is 0 Å². The second-order valence-electron chi connectivity index (χ2n) is 2.31. The minimum atomic E-state index is -0.951. The van der Waals surface area contributed by atoms with Crippen molar-refractivity contribution in [1.82, 2.24) is 6.15 Å². The Morgan fingerprint density at radius 3 is 2.27 bits per heavy atom. The first-order valence-corrected chi connectivity index (χ1v) is 3.09. The van der Waals surface area contributed by atoms with Crippen LogP contribution in [0.25, 0.3) is 0 Å². The molecule has 0 aromatic rings. The fourth-order valence-electron chi connectivity index (χ4n) is 0.583. The van der Waals surface area contributed by atoms with Gasteiger partial charge in [-0.2, -0.15) is 0 Å². The topological polar surface area (TPSA) is 113 Å². The van der Waals surface area contributed by atoms with Crippen LogP contribution in [0.4, 0.5) is 0 Å². The van der Waals surface area contributed by atoms with Crippen molar-refractivity contribution in [2.45, 2.75) is 19.4 Å². The summed E-state index contributed by atoms with van der Waals surface area (Å²) in [6.07, 6.45) is -0.808. The lowest BCUT2D eigenvalue weighted by atomic mass is 10.1. The predicted octanol–water partition coefficient (Wildman–Crippen LogP) is -0.388. The van der Waals surface area contributed by atoms with Gasteiger partial charge in [-0.1, -0.05) is 6.92 Å². The molecule has 0 aromatic heterocycles. The number of carboxylic acids is 1. The third-order valence-corrected chi connectivity index (χ3v) is 1.26. The predicted molar refractivity (Wildman–Crippen MR) is 39.5 cm³/mol. The molecule has 2 atom stereocenters. The SMILES string of the molecule is CC(CC(O)CO)C(=O)O.N. The first kappa shape index (κ1) is 13.0. The molecule has 0 radical (unpaired) electrons. The van der Waals surface area contributed by atoms with Gasteiger partial charge in [-0.05, 0) is 6.42 Å². The van der Waals surface area contributed by atoms with Crippen molar-refractivity contribution in [3.63, 3.8) is 0 Å². The highest BCUT2D eigenvalue weighted by Crippen LogP contribution is 2.04. The second-order valence-corrected chi connectivity index (χ2v) is 2.31. The number of aliphatic hydroxyl groups excluding tert-OH is 2. The Hall–Kier alpha value is -0.650. The molecule has 0 aliphatic heterocycles. The average molecular weight is 165 g/mol. The zero-order valence-electron chi connectivity index (χ0n) is 6.53. The maximum Gasteiger partial charge on any atom is 0.306 e. The molecule has 11 heavy (non-hydrogen) atoms. The van der Waals surface area contributed by atoms with Crippen molar-refractivity contribution in [2.75, 3.05) is 6.61 Å². The van der Waals surface area contributed by atoms with Crippen LogP contribution >= 0.6 is 0 Å². The molecule has 0 aromatic carbocycles. The lowest BCUT2D eigenvalue weighted by Crippen LogP contribution is -2.20. The fraction of sp³-hybridized carbons (Fsp3) is 0.833. The van der Waals surface area contributed by atoms with Gasteiger partial charge in [-0.15, -0.1) is 0 Å². The highest BCUT2D eigenvalue weighted by atomic mass is 16.4. The molecule has 0 bridgehead atoms. The van der Waals surface area contributed by atoms with E-state index in [1.165, 1.54) is 6.92 Å². The Labute approximate surface area is 65.2 Å². The molecule has 0 aliphatic carbocycles. The van der Waals surface area contributed by atoms with Crippen LogP contribution in [0.3, 0.4) is 0 Å². The molecule has 0 amide bonds. The maximum absolute atomic E-state index is 10.2. The Bertz CT molecular complexity index is 117. The summed E-state index contributed by atoms with van der Waals surface area (Å²) in [4.78, 5) is 10.2. The van der Waals surface area contributed by atoms with E-state index < -0.39 is 18.0 Å². The number of carbonyl (C=O) groups is 1. The standard InChI is InChI=1S/C6H12O4.H3N/c1-4(6(9)10)2-5(8)3-7;/h4-5,7-8H,2-3H2,1H3,(H,9,10);1H3. The summed E-state index contributed by atoms with van der Waals surface area (Å²) >= 11 is 0. The van der Waals surface area contributed by atoms with Gasteiger partial charge in [0.25, 0.3) is 0 Å². The Morgan fingerprint density at radius 1 is 1.55 bits per heavy atom. The van der Waals surface area contributed by atoms with Gasteiger partial charge in [0.1, 0.15) is 0 Å². The molecule has 5 heteroatoms. The van der Waals surface area contributed by atoms with Gasteiger partial charge in [0.05, 0.1) is 18.6 Å². The second kappa shape index (κ2) is 6.09. The Balaban J connectivity index is 0. The van der Waals surface area contributed by atoms with E-state index in [4.69, 9.17) is 15.3 Å². The summed E-state index contributed by atoms with van der Waals surface area (Å²) in [7, 11) is 0. The molecule has 0 fully saturated rings. The van der Waals surface area contributed by atoms with Gasteiger partial charge < -0.3 is 21.5 Å². The molecular formula is C6H15NO4. The van der Waals surface area contributed by atoms with Crippen molar-refractivity contribution in [1.29, 1.82) is 0 Å². The van der Waals surface area contributed by atoms with Gasteiger partial charge in [0.15, 0.2) is 0 Å². The smallest absolute Gasteiger partial charge is 0.306 e. The van der Waals surface area contributed by atoms with Crippen molar-refractivity contribution < 1.29 is 20.1 Å². The third kappa shape index (κ3) is 5.78. The highest BCUT2D eigenvalue weighted by molar-refractivity contribution is 5.69. The van der Waals surface area contributed by atoms with E-state index in [0.29, 0.717) is 0 Å². The first-order chi connectivity index (χ1) is 4.57. The maximum atomic E-state index is 10.2. The van der Waals surface area contributed by atoms with Crippen LogP contribution in [0.15, 0.2) is 0 Å². The van der Waals surface area contributed by atoms with Crippen LogP contribution in [-0.4, -0.2) is 34.0 Å². The molecule has 0 heterocycles. The quantitative estimate of drug-likeness (QED) is 0.453. The monoisotopic (exact) mass is 165 g/mol. The normalized spacial score (nSPS) is 14.8. The zero-order valence-corrected chi connectivity index (χ0v) is 6.53. The summed E-state index contributed by atoms with van der Waals surface area (Å²) < 4.78 is 0. The molecule has 6 N–H and O–H groups in total. The summed E-state index contributed by atoms with van der Waals surface area (Å²) in [5, 5.41) is 25.4. The van der Waals surface area contributed by atoms with E-state index >= 15 is 0 Å². The van der Waals surface area contributed by atoms with Gasteiger partial charge in [0, 0.05) is 0 Å².